The number of thiocarbonyl (C=S) groups is 1. The van der Waals surface area contributed by atoms with Crippen molar-refractivity contribution < 1.29 is 14.0 Å². The molecule has 1 fully saturated rings. The maximum absolute atomic E-state index is 12.4. The third-order valence-corrected chi connectivity index (χ3v) is 5.49. The number of hydrogen-bond acceptors (Lipinski definition) is 5. The lowest BCUT2D eigenvalue weighted by atomic mass is 10.2. The van der Waals surface area contributed by atoms with Crippen LogP contribution in [0.2, 0.25) is 10.0 Å². The highest BCUT2D eigenvalue weighted by atomic mass is 35.5. The Morgan fingerprint density at radius 3 is 2.81 bits per heavy atom. The van der Waals surface area contributed by atoms with Crippen LogP contribution in [-0.4, -0.2) is 27.6 Å². The summed E-state index contributed by atoms with van der Waals surface area (Å²) in [4.78, 5) is 25.1. The van der Waals surface area contributed by atoms with E-state index in [-0.39, 0.29) is 18.9 Å². The molecule has 1 aromatic heterocycles. The molecule has 0 bridgehead atoms. The topological polar surface area (TPSA) is 76.5 Å². The summed E-state index contributed by atoms with van der Waals surface area (Å²) >= 11 is 18.5. The first-order valence-corrected chi connectivity index (χ1v) is 9.42. The Labute approximate surface area is 169 Å². The lowest BCUT2D eigenvalue weighted by Gasteiger charge is -2.12. The molecule has 2 aromatic rings. The van der Waals surface area contributed by atoms with E-state index in [1.165, 1.54) is 4.90 Å². The van der Waals surface area contributed by atoms with Crippen LogP contribution in [-0.2, 0) is 9.59 Å². The molecule has 9 heteroatoms. The van der Waals surface area contributed by atoms with Crippen molar-refractivity contribution in [1.29, 1.82) is 0 Å². The van der Waals surface area contributed by atoms with Crippen molar-refractivity contribution in [2.75, 3.05) is 6.54 Å². The number of amides is 2. The van der Waals surface area contributed by atoms with Crippen molar-refractivity contribution in [2.45, 2.75) is 6.42 Å². The normalized spacial score (nSPS) is 15.9. The Morgan fingerprint density at radius 2 is 2.08 bits per heavy atom. The van der Waals surface area contributed by atoms with Crippen LogP contribution in [0.1, 0.15) is 12.2 Å². The zero-order valence-electron chi connectivity index (χ0n) is 13.2. The van der Waals surface area contributed by atoms with Crippen molar-refractivity contribution in [1.82, 2.24) is 4.90 Å². The third-order valence-electron chi connectivity index (χ3n) is 3.55. The standard InChI is InChI=1S/C17H12Cl2N2O3S2/c18-9-1-3-12(19)11(7-9)13-4-2-10(24-13)8-14-16(23)21(17(25)26-14)6-5-15(20)22/h1-4,7-8H,5-6H2,(H2,20,22). The first-order chi connectivity index (χ1) is 12.3. The Bertz CT molecular complexity index is 940. The Balaban J connectivity index is 1.82. The number of hydrogen-bond donors (Lipinski definition) is 1. The first kappa shape index (κ1) is 19.0. The summed E-state index contributed by atoms with van der Waals surface area (Å²) < 4.78 is 6.15. The minimum atomic E-state index is -0.489. The van der Waals surface area contributed by atoms with Crippen LogP contribution in [0.15, 0.2) is 39.7 Å². The number of halogens is 2. The summed E-state index contributed by atoms with van der Waals surface area (Å²) in [7, 11) is 0. The average Bonchev–Trinajstić information content (AvgIpc) is 3.14. The molecule has 1 aliphatic heterocycles. The van der Waals surface area contributed by atoms with Crippen LogP contribution in [0.25, 0.3) is 17.4 Å². The van der Waals surface area contributed by atoms with Crippen molar-refractivity contribution >= 4 is 69.4 Å². The fourth-order valence-corrected chi connectivity index (χ4v) is 3.98. The van der Waals surface area contributed by atoms with E-state index in [1.54, 1.807) is 36.4 Å². The van der Waals surface area contributed by atoms with Gasteiger partial charge in [0.1, 0.15) is 15.8 Å². The predicted octanol–water partition coefficient (Wildman–Crippen LogP) is 4.33. The zero-order chi connectivity index (χ0) is 18.8. The number of furan rings is 1. The van der Waals surface area contributed by atoms with Gasteiger partial charge in [0.2, 0.25) is 5.91 Å². The van der Waals surface area contributed by atoms with E-state index in [0.29, 0.717) is 36.4 Å². The van der Waals surface area contributed by atoms with E-state index >= 15 is 0 Å². The number of nitrogens with two attached hydrogens (primary N) is 1. The van der Waals surface area contributed by atoms with Gasteiger partial charge in [-0.1, -0.05) is 47.2 Å². The predicted molar refractivity (Wildman–Crippen MR) is 108 cm³/mol. The molecule has 0 saturated carbocycles. The van der Waals surface area contributed by atoms with Gasteiger partial charge in [0, 0.05) is 29.6 Å². The minimum Gasteiger partial charge on any atom is -0.457 e. The molecular formula is C17H12Cl2N2O3S2. The summed E-state index contributed by atoms with van der Waals surface area (Å²) in [5.74, 6) is 0.247. The fraction of sp³-hybridized carbons (Fsp3) is 0.118. The zero-order valence-corrected chi connectivity index (χ0v) is 16.3. The highest BCUT2D eigenvalue weighted by Crippen LogP contribution is 2.35. The van der Waals surface area contributed by atoms with E-state index in [0.717, 1.165) is 11.8 Å². The smallest absolute Gasteiger partial charge is 0.266 e. The summed E-state index contributed by atoms with van der Waals surface area (Å²) in [6.45, 7) is 0.166. The van der Waals surface area contributed by atoms with Crippen LogP contribution < -0.4 is 5.73 Å². The van der Waals surface area contributed by atoms with Gasteiger partial charge in [-0.3, -0.25) is 14.5 Å². The van der Waals surface area contributed by atoms with E-state index in [1.807, 2.05) is 0 Å². The molecule has 1 saturated heterocycles. The van der Waals surface area contributed by atoms with E-state index in [2.05, 4.69) is 0 Å². The molecule has 0 spiro atoms. The molecule has 2 amide bonds. The van der Waals surface area contributed by atoms with Crippen molar-refractivity contribution in [3.63, 3.8) is 0 Å². The number of nitrogens with zero attached hydrogens (tertiary/aromatic N) is 1. The van der Waals surface area contributed by atoms with E-state index in [9.17, 15) is 9.59 Å². The van der Waals surface area contributed by atoms with Gasteiger partial charge in [0.25, 0.3) is 5.91 Å². The van der Waals surface area contributed by atoms with Crippen LogP contribution in [0, 0.1) is 0 Å². The number of benzene rings is 1. The van der Waals surface area contributed by atoms with Crippen molar-refractivity contribution in [3.05, 3.63) is 51.0 Å². The molecule has 3 rings (SSSR count). The second-order valence-electron chi connectivity index (χ2n) is 5.38. The summed E-state index contributed by atoms with van der Waals surface area (Å²) in [5, 5.41) is 1.05. The molecular weight excluding hydrogens is 415 g/mol. The molecule has 1 aromatic carbocycles. The van der Waals surface area contributed by atoms with Crippen molar-refractivity contribution in [3.8, 4) is 11.3 Å². The molecule has 2 N–H and O–H groups in total. The highest BCUT2D eigenvalue weighted by molar-refractivity contribution is 8.26. The van der Waals surface area contributed by atoms with Gasteiger partial charge in [0.15, 0.2) is 0 Å². The van der Waals surface area contributed by atoms with Gasteiger partial charge in [-0.15, -0.1) is 0 Å². The molecule has 0 unspecified atom stereocenters. The number of rotatable bonds is 5. The van der Waals surface area contributed by atoms with Gasteiger partial charge in [-0.05, 0) is 30.3 Å². The van der Waals surface area contributed by atoms with Gasteiger partial charge >= 0.3 is 0 Å². The SMILES string of the molecule is NC(=O)CCN1C(=O)C(=Cc2ccc(-c3cc(Cl)ccc3Cl)o2)SC1=S. The summed E-state index contributed by atoms with van der Waals surface area (Å²) in [5.41, 5.74) is 5.78. The number of thioether (sulfide) groups is 1. The molecule has 134 valence electrons. The lowest BCUT2D eigenvalue weighted by Crippen LogP contribution is -2.31. The van der Waals surface area contributed by atoms with E-state index < -0.39 is 5.91 Å². The van der Waals surface area contributed by atoms with Crippen LogP contribution in [0.5, 0.6) is 0 Å². The minimum absolute atomic E-state index is 0.0535. The maximum atomic E-state index is 12.4. The first-order valence-electron chi connectivity index (χ1n) is 7.44. The van der Waals surface area contributed by atoms with Gasteiger partial charge < -0.3 is 10.2 Å². The average molecular weight is 427 g/mol. The molecule has 0 aliphatic carbocycles. The summed E-state index contributed by atoms with van der Waals surface area (Å²) in [6.07, 6.45) is 1.66. The Morgan fingerprint density at radius 1 is 1.31 bits per heavy atom. The van der Waals surface area contributed by atoms with Crippen LogP contribution in [0.4, 0.5) is 0 Å². The molecule has 0 radical (unpaired) electrons. The molecule has 5 nitrogen and oxygen atoms in total. The quantitative estimate of drug-likeness (QED) is 0.568. The molecule has 26 heavy (non-hydrogen) atoms. The van der Waals surface area contributed by atoms with Gasteiger partial charge in [0.05, 0.1) is 9.93 Å². The number of primary amides is 1. The van der Waals surface area contributed by atoms with Gasteiger partial charge in [-0.25, -0.2) is 0 Å². The maximum Gasteiger partial charge on any atom is 0.266 e. The lowest BCUT2D eigenvalue weighted by molar-refractivity contribution is -0.123. The molecule has 1 aliphatic rings. The molecule has 0 atom stereocenters. The third kappa shape index (κ3) is 4.12. The van der Waals surface area contributed by atoms with E-state index in [4.69, 9.17) is 45.6 Å². The van der Waals surface area contributed by atoms with Crippen LogP contribution >= 0.6 is 47.2 Å². The van der Waals surface area contributed by atoms with Crippen LogP contribution in [0.3, 0.4) is 0 Å². The van der Waals surface area contributed by atoms with Gasteiger partial charge in [-0.2, -0.15) is 0 Å². The Hall–Kier alpha value is -1.80. The largest absolute Gasteiger partial charge is 0.457 e. The molecule has 2 heterocycles. The second kappa shape index (κ2) is 7.84. The number of carbonyl (C=O) groups is 2. The monoisotopic (exact) mass is 426 g/mol. The fourth-order valence-electron chi connectivity index (χ4n) is 2.31. The number of carbonyl (C=O) groups excluding carboxylic acids is 2. The van der Waals surface area contributed by atoms with Crippen molar-refractivity contribution in [2.24, 2.45) is 5.73 Å². The Kier molecular flexibility index (Phi) is 5.72. The highest BCUT2D eigenvalue weighted by Gasteiger charge is 2.32. The summed E-state index contributed by atoms with van der Waals surface area (Å²) in [6, 6.07) is 8.55. The second-order valence-corrected chi connectivity index (χ2v) is 7.90.